The van der Waals surface area contributed by atoms with Crippen LogP contribution in [0.15, 0.2) is 24.3 Å². The summed E-state index contributed by atoms with van der Waals surface area (Å²) >= 11 is 0. The highest BCUT2D eigenvalue weighted by Crippen LogP contribution is 2.44. The number of carboxylic acids is 1. The van der Waals surface area contributed by atoms with E-state index in [1.165, 1.54) is 7.05 Å². The molecule has 0 radical (unpaired) electrons. The summed E-state index contributed by atoms with van der Waals surface area (Å²) in [5.74, 6) is -1.26. The molecule has 3 rings (SSSR count). The van der Waals surface area contributed by atoms with Gasteiger partial charge in [0.2, 0.25) is 0 Å². The van der Waals surface area contributed by atoms with Crippen molar-refractivity contribution >= 4 is 17.8 Å². The van der Waals surface area contributed by atoms with Gasteiger partial charge < -0.3 is 15.3 Å². The second-order valence-corrected chi connectivity index (χ2v) is 6.32. The van der Waals surface area contributed by atoms with Crippen molar-refractivity contribution in [1.29, 1.82) is 0 Å². The van der Waals surface area contributed by atoms with Crippen LogP contribution in [0.1, 0.15) is 33.6 Å². The van der Waals surface area contributed by atoms with E-state index >= 15 is 0 Å². The Morgan fingerprint density at radius 1 is 1.17 bits per heavy atom. The molecular formula is C17H20N2O4. The quantitative estimate of drug-likeness (QED) is 0.874. The Morgan fingerprint density at radius 3 is 2.48 bits per heavy atom. The number of carboxylic acid groups (broad SMARTS) is 1. The van der Waals surface area contributed by atoms with Crippen molar-refractivity contribution in [2.45, 2.75) is 12.8 Å². The highest BCUT2D eigenvalue weighted by Gasteiger charge is 2.46. The summed E-state index contributed by atoms with van der Waals surface area (Å²) in [5, 5.41) is 11.9. The Bertz CT molecular complexity index is 654. The first kappa shape index (κ1) is 15.5. The minimum atomic E-state index is -0.823. The fourth-order valence-corrected chi connectivity index (χ4v) is 3.38. The molecule has 6 heteroatoms. The fourth-order valence-electron chi connectivity index (χ4n) is 3.38. The monoisotopic (exact) mass is 316 g/mol. The van der Waals surface area contributed by atoms with Gasteiger partial charge in [0, 0.05) is 31.3 Å². The van der Waals surface area contributed by atoms with Gasteiger partial charge in [-0.3, -0.25) is 14.4 Å². The van der Waals surface area contributed by atoms with Crippen LogP contribution in [0.4, 0.5) is 0 Å². The summed E-state index contributed by atoms with van der Waals surface area (Å²) in [6, 6.07) is 6.53. The van der Waals surface area contributed by atoms with Crippen molar-refractivity contribution < 1.29 is 19.5 Å². The first-order chi connectivity index (χ1) is 11.0. The lowest BCUT2D eigenvalue weighted by Gasteiger charge is -2.16. The lowest BCUT2D eigenvalue weighted by atomic mass is 9.92. The van der Waals surface area contributed by atoms with Crippen LogP contribution in [0, 0.1) is 17.8 Å². The van der Waals surface area contributed by atoms with Crippen molar-refractivity contribution in [3.8, 4) is 0 Å². The molecule has 1 aliphatic heterocycles. The van der Waals surface area contributed by atoms with E-state index in [9.17, 15) is 19.5 Å². The van der Waals surface area contributed by atoms with Crippen LogP contribution in [0.5, 0.6) is 0 Å². The van der Waals surface area contributed by atoms with Gasteiger partial charge >= 0.3 is 5.97 Å². The molecule has 0 unspecified atom stereocenters. The van der Waals surface area contributed by atoms with Gasteiger partial charge in [0.05, 0.1) is 5.92 Å². The summed E-state index contributed by atoms with van der Waals surface area (Å²) < 4.78 is 0. The molecule has 1 saturated carbocycles. The number of amides is 2. The lowest BCUT2D eigenvalue weighted by Crippen LogP contribution is -2.30. The third-order valence-electron chi connectivity index (χ3n) is 4.80. The number of carbonyl (C=O) groups is 3. The first-order valence-electron chi connectivity index (χ1n) is 7.85. The zero-order chi connectivity index (χ0) is 16.6. The van der Waals surface area contributed by atoms with E-state index in [1.807, 2.05) is 0 Å². The van der Waals surface area contributed by atoms with Gasteiger partial charge in [0.1, 0.15) is 0 Å². The van der Waals surface area contributed by atoms with Crippen LogP contribution < -0.4 is 5.32 Å². The number of nitrogens with one attached hydrogen (secondary N) is 1. The number of hydrogen-bond donors (Lipinski definition) is 2. The number of benzene rings is 1. The highest BCUT2D eigenvalue weighted by molar-refractivity contribution is 5.99. The Hall–Kier alpha value is -2.37. The molecule has 1 heterocycles. The van der Waals surface area contributed by atoms with E-state index in [-0.39, 0.29) is 24.3 Å². The number of aliphatic carboxylic acids is 1. The van der Waals surface area contributed by atoms with Crippen LogP contribution in [0.3, 0.4) is 0 Å². The molecule has 2 aliphatic rings. The van der Waals surface area contributed by atoms with E-state index in [0.29, 0.717) is 23.6 Å². The molecule has 1 aromatic rings. The Balaban J connectivity index is 1.78. The third kappa shape index (κ3) is 3.06. The molecule has 2 atom stereocenters. The maximum absolute atomic E-state index is 12.7. The Morgan fingerprint density at radius 2 is 1.87 bits per heavy atom. The largest absolute Gasteiger partial charge is 0.481 e. The average molecular weight is 316 g/mol. The summed E-state index contributed by atoms with van der Waals surface area (Å²) in [4.78, 5) is 37.4. The van der Waals surface area contributed by atoms with E-state index in [1.54, 1.807) is 29.2 Å². The maximum atomic E-state index is 12.7. The number of carbonyl (C=O) groups excluding carboxylic acids is 2. The van der Waals surface area contributed by atoms with E-state index in [2.05, 4.69) is 5.32 Å². The Kier molecular flexibility index (Phi) is 4.07. The van der Waals surface area contributed by atoms with Gasteiger partial charge in [-0.05, 0) is 42.9 Å². The van der Waals surface area contributed by atoms with Gasteiger partial charge in [-0.15, -0.1) is 0 Å². The van der Waals surface area contributed by atoms with Crippen molar-refractivity contribution in [3.05, 3.63) is 35.4 Å². The van der Waals surface area contributed by atoms with Crippen LogP contribution in [0.2, 0.25) is 0 Å². The lowest BCUT2D eigenvalue weighted by molar-refractivity contribution is -0.142. The number of rotatable bonds is 4. The topological polar surface area (TPSA) is 86.7 Å². The standard InChI is InChI=1S/C17H20N2O4/c1-18-15(20)11-3-2-4-12(7-11)16(21)19-8-13(10-5-6-10)14(9-19)17(22)23/h2-4,7,10,13-14H,5-6,8-9H2,1H3,(H,18,20)(H,22,23)/t13-,14+/m1/s1. The second-order valence-electron chi connectivity index (χ2n) is 6.32. The van der Waals surface area contributed by atoms with Gasteiger partial charge in [0.25, 0.3) is 11.8 Å². The molecular weight excluding hydrogens is 296 g/mol. The predicted octanol–water partition coefficient (Wildman–Crippen LogP) is 1.23. The minimum absolute atomic E-state index is 0.0542. The molecule has 0 spiro atoms. The van der Waals surface area contributed by atoms with Crippen LogP contribution in [-0.4, -0.2) is 47.9 Å². The van der Waals surface area contributed by atoms with E-state index in [4.69, 9.17) is 0 Å². The molecule has 23 heavy (non-hydrogen) atoms. The van der Waals surface area contributed by atoms with Crippen molar-refractivity contribution in [2.75, 3.05) is 20.1 Å². The summed E-state index contributed by atoms with van der Waals surface area (Å²) in [5.41, 5.74) is 0.845. The van der Waals surface area contributed by atoms with E-state index in [0.717, 1.165) is 12.8 Å². The van der Waals surface area contributed by atoms with Crippen molar-refractivity contribution in [3.63, 3.8) is 0 Å². The molecule has 0 aromatic heterocycles. The molecule has 122 valence electrons. The smallest absolute Gasteiger partial charge is 0.308 e. The number of likely N-dealkylation sites (tertiary alicyclic amines) is 1. The zero-order valence-electron chi connectivity index (χ0n) is 13.0. The third-order valence-corrected chi connectivity index (χ3v) is 4.80. The van der Waals surface area contributed by atoms with Crippen molar-refractivity contribution in [1.82, 2.24) is 10.2 Å². The average Bonchev–Trinajstić information content (AvgIpc) is 3.31. The molecule has 2 amide bonds. The van der Waals surface area contributed by atoms with Gasteiger partial charge in [-0.25, -0.2) is 0 Å². The second kappa shape index (κ2) is 6.02. The Labute approximate surface area is 134 Å². The molecule has 2 fully saturated rings. The maximum Gasteiger partial charge on any atom is 0.308 e. The zero-order valence-corrected chi connectivity index (χ0v) is 13.0. The van der Waals surface area contributed by atoms with Gasteiger partial charge in [-0.1, -0.05) is 6.07 Å². The van der Waals surface area contributed by atoms with Crippen LogP contribution in [0.25, 0.3) is 0 Å². The predicted molar refractivity (Wildman–Crippen MR) is 83.1 cm³/mol. The highest BCUT2D eigenvalue weighted by atomic mass is 16.4. The van der Waals surface area contributed by atoms with Crippen LogP contribution in [-0.2, 0) is 4.79 Å². The molecule has 0 bridgehead atoms. The molecule has 1 aliphatic carbocycles. The van der Waals surface area contributed by atoms with Gasteiger partial charge in [0.15, 0.2) is 0 Å². The first-order valence-corrected chi connectivity index (χ1v) is 7.85. The summed E-state index contributed by atoms with van der Waals surface area (Å²) in [6.07, 6.45) is 2.12. The number of nitrogens with zero attached hydrogens (tertiary/aromatic N) is 1. The molecule has 1 aromatic carbocycles. The normalized spacial score (nSPS) is 23.6. The summed E-state index contributed by atoms with van der Waals surface area (Å²) in [7, 11) is 1.54. The minimum Gasteiger partial charge on any atom is -0.481 e. The molecule has 6 nitrogen and oxygen atoms in total. The van der Waals surface area contributed by atoms with Crippen molar-refractivity contribution in [2.24, 2.45) is 17.8 Å². The van der Waals surface area contributed by atoms with Crippen LogP contribution >= 0.6 is 0 Å². The fraction of sp³-hybridized carbons (Fsp3) is 0.471. The number of hydrogen-bond acceptors (Lipinski definition) is 3. The van der Waals surface area contributed by atoms with Gasteiger partial charge in [-0.2, -0.15) is 0 Å². The molecule has 1 saturated heterocycles. The summed E-state index contributed by atoms with van der Waals surface area (Å²) in [6.45, 7) is 0.740. The van der Waals surface area contributed by atoms with E-state index < -0.39 is 11.9 Å². The SMILES string of the molecule is CNC(=O)c1cccc(C(=O)N2C[C@H](C(=O)O)[C@@H](C3CC3)C2)c1. The molecule has 2 N–H and O–H groups in total.